The Morgan fingerprint density at radius 2 is 2.33 bits per heavy atom. The van der Waals surface area contributed by atoms with E-state index >= 15 is 0 Å². The number of hydrogen-bond acceptors (Lipinski definition) is 2. The van der Waals surface area contributed by atoms with Gasteiger partial charge in [0.2, 0.25) is 0 Å². The maximum Gasteiger partial charge on any atom is 0.119 e. The van der Waals surface area contributed by atoms with Crippen LogP contribution in [0.25, 0.3) is 0 Å². The molecule has 0 amide bonds. The summed E-state index contributed by atoms with van der Waals surface area (Å²) in [4.78, 5) is 0. The van der Waals surface area contributed by atoms with E-state index in [4.69, 9.17) is 10.5 Å². The van der Waals surface area contributed by atoms with Crippen LogP contribution >= 0.6 is 0 Å². The molecule has 0 aliphatic heterocycles. The van der Waals surface area contributed by atoms with Crippen molar-refractivity contribution in [3.8, 4) is 5.75 Å². The van der Waals surface area contributed by atoms with E-state index < -0.39 is 0 Å². The maximum absolute atomic E-state index is 5.74. The van der Waals surface area contributed by atoms with E-state index in [0.717, 1.165) is 11.3 Å². The monoisotopic (exact) mass is 163 g/mol. The van der Waals surface area contributed by atoms with Gasteiger partial charge in [0, 0.05) is 6.04 Å². The van der Waals surface area contributed by atoms with Crippen LogP contribution in [0.5, 0.6) is 5.75 Å². The van der Waals surface area contributed by atoms with Crippen LogP contribution in [0.2, 0.25) is 0 Å². The predicted octanol–water partition coefficient (Wildman–Crippen LogP) is 1.88. The highest BCUT2D eigenvalue weighted by molar-refractivity contribution is 5.31. The normalized spacial score (nSPS) is 12.2. The average molecular weight is 163 g/mol. The first-order valence-corrected chi connectivity index (χ1v) is 3.80. The molecule has 0 heterocycles. The standard InChI is InChI=1S/C10H13NO/c1-3-10(11)8-5-4-6-9(7-8)12-2/h3-7,10H,1,11H2,2H3/t10-/m1/s1. The molecule has 0 radical (unpaired) electrons. The molecule has 0 aliphatic rings. The van der Waals surface area contributed by atoms with Crippen molar-refractivity contribution in [2.75, 3.05) is 7.11 Å². The first-order valence-electron chi connectivity index (χ1n) is 3.80. The molecule has 0 unspecified atom stereocenters. The van der Waals surface area contributed by atoms with Gasteiger partial charge in [-0.3, -0.25) is 0 Å². The van der Waals surface area contributed by atoms with Gasteiger partial charge in [-0.25, -0.2) is 0 Å². The zero-order chi connectivity index (χ0) is 8.97. The highest BCUT2D eigenvalue weighted by Gasteiger charge is 2.00. The van der Waals surface area contributed by atoms with Gasteiger partial charge in [0.25, 0.3) is 0 Å². The predicted molar refractivity (Wildman–Crippen MR) is 50.1 cm³/mol. The molecule has 0 spiro atoms. The van der Waals surface area contributed by atoms with Gasteiger partial charge in [-0.2, -0.15) is 0 Å². The zero-order valence-electron chi connectivity index (χ0n) is 7.16. The van der Waals surface area contributed by atoms with Gasteiger partial charge in [-0.1, -0.05) is 18.2 Å². The fraction of sp³-hybridized carbons (Fsp3) is 0.200. The van der Waals surface area contributed by atoms with Crippen molar-refractivity contribution in [1.82, 2.24) is 0 Å². The molecule has 0 aromatic heterocycles. The van der Waals surface area contributed by atoms with Gasteiger partial charge < -0.3 is 10.5 Å². The molecular formula is C10H13NO. The summed E-state index contributed by atoms with van der Waals surface area (Å²) < 4.78 is 5.06. The molecule has 2 N–H and O–H groups in total. The second kappa shape index (κ2) is 3.93. The summed E-state index contributed by atoms with van der Waals surface area (Å²) in [5.74, 6) is 0.824. The molecule has 1 aromatic rings. The summed E-state index contributed by atoms with van der Waals surface area (Å²) in [6.45, 7) is 3.63. The fourth-order valence-corrected chi connectivity index (χ4v) is 0.985. The number of methoxy groups -OCH3 is 1. The van der Waals surface area contributed by atoms with Gasteiger partial charge >= 0.3 is 0 Å². The number of rotatable bonds is 3. The first kappa shape index (κ1) is 8.81. The Labute approximate surface area is 72.7 Å². The van der Waals surface area contributed by atoms with Gasteiger partial charge in [0.1, 0.15) is 5.75 Å². The topological polar surface area (TPSA) is 35.2 Å². The minimum atomic E-state index is -0.111. The van der Waals surface area contributed by atoms with Gasteiger partial charge in [0.15, 0.2) is 0 Å². The third-order valence-corrected chi connectivity index (χ3v) is 1.73. The lowest BCUT2D eigenvalue weighted by molar-refractivity contribution is 0.414. The lowest BCUT2D eigenvalue weighted by Gasteiger charge is -2.07. The van der Waals surface area contributed by atoms with Crippen LogP contribution in [0.3, 0.4) is 0 Å². The maximum atomic E-state index is 5.74. The summed E-state index contributed by atoms with van der Waals surface area (Å²) in [6.07, 6.45) is 1.70. The van der Waals surface area contributed by atoms with Gasteiger partial charge in [-0.05, 0) is 17.7 Å². The Morgan fingerprint density at radius 3 is 2.92 bits per heavy atom. The molecule has 2 heteroatoms. The van der Waals surface area contributed by atoms with E-state index in [0.29, 0.717) is 0 Å². The van der Waals surface area contributed by atoms with Crippen molar-refractivity contribution in [2.24, 2.45) is 5.73 Å². The molecule has 0 bridgehead atoms. The number of nitrogens with two attached hydrogens (primary N) is 1. The van der Waals surface area contributed by atoms with Crippen LogP contribution in [0.15, 0.2) is 36.9 Å². The van der Waals surface area contributed by atoms with Crippen molar-refractivity contribution in [2.45, 2.75) is 6.04 Å². The molecule has 0 saturated carbocycles. The van der Waals surface area contributed by atoms with Crippen molar-refractivity contribution in [3.63, 3.8) is 0 Å². The third-order valence-electron chi connectivity index (χ3n) is 1.73. The Kier molecular flexibility index (Phi) is 2.88. The van der Waals surface area contributed by atoms with E-state index in [1.54, 1.807) is 13.2 Å². The minimum absolute atomic E-state index is 0.111. The van der Waals surface area contributed by atoms with E-state index in [2.05, 4.69) is 6.58 Å². The molecule has 0 aliphatic carbocycles. The van der Waals surface area contributed by atoms with E-state index in [9.17, 15) is 0 Å². The van der Waals surface area contributed by atoms with E-state index in [-0.39, 0.29) is 6.04 Å². The van der Waals surface area contributed by atoms with Crippen LogP contribution in [-0.4, -0.2) is 7.11 Å². The SMILES string of the molecule is C=C[C@@H](N)c1cccc(OC)c1. The van der Waals surface area contributed by atoms with Gasteiger partial charge in [-0.15, -0.1) is 6.58 Å². The molecule has 0 saturated heterocycles. The largest absolute Gasteiger partial charge is 0.497 e. The Morgan fingerprint density at radius 1 is 1.58 bits per heavy atom. The lowest BCUT2D eigenvalue weighted by atomic mass is 10.1. The summed E-state index contributed by atoms with van der Waals surface area (Å²) in [7, 11) is 1.64. The van der Waals surface area contributed by atoms with Gasteiger partial charge in [0.05, 0.1) is 7.11 Å². The molecule has 0 fully saturated rings. The average Bonchev–Trinajstić information content (AvgIpc) is 2.17. The Hall–Kier alpha value is -1.28. The molecule has 1 atom stereocenters. The van der Waals surface area contributed by atoms with E-state index in [1.165, 1.54) is 0 Å². The van der Waals surface area contributed by atoms with Crippen molar-refractivity contribution in [3.05, 3.63) is 42.5 Å². The Balaban J connectivity index is 2.93. The fourth-order valence-electron chi connectivity index (χ4n) is 0.985. The molecular weight excluding hydrogens is 150 g/mol. The quantitative estimate of drug-likeness (QED) is 0.690. The Bertz CT molecular complexity index is 270. The number of benzene rings is 1. The molecule has 12 heavy (non-hydrogen) atoms. The lowest BCUT2D eigenvalue weighted by Crippen LogP contribution is -2.06. The van der Waals surface area contributed by atoms with Crippen LogP contribution < -0.4 is 10.5 Å². The molecule has 2 nitrogen and oxygen atoms in total. The summed E-state index contributed by atoms with van der Waals surface area (Å²) in [6, 6.07) is 7.55. The highest BCUT2D eigenvalue weighted by Crippen LogP contribution is 2.17. The third kappa shape index (κ3) is 1.86. The molecule has 64 valence electrons. The van der Waals surface area contributed by atoms with Crippen LogP contribution in [0, 0.1) is 0 Å². The van der Waals surface area contributed by atoms with Crippen LogP contribution in [-0.2, 0) is 0 Å². The molecule has 1 aromatic carbocycles. The second-order valence-corrected chi connectivity index (χ2v) is 2.54. The first-order chi connectivity index (χ1) is 5.77. The summed E-state index contributed by atoms with van der Waals surface area (Å²) >= 11 is 0. The number of hydrogen-bond donors (Lipinski definition) is 1. The summed E-state index contributed by atoms with van der Waals surface area (Å²) in [5, 5.41) is 0. The smallest absolute Gasteiger partial charge is 0.119 e. The van der Waals surface area contributed by atoms with Crippen LogP contribution in [0.4, 0.5) is 0 Å². The zero-order valence-corrected chi connectivity index (χ0v) is 7.16. The second-order valence-electron chi connectivity index (χ2n) is 2.54. The molecule has 1 rings (SSSR count). The van der Waals surface area contributed by atoms with Crippen LogP contribution in [0.1, 0.15) is 11.6 Å². The highest BCUT2D eigenvalue weighted by atomic mass is 16.5. The number of ether oxygens (including phenoxy) is 1. The summed E-state index contributed by atoms with van der Waals surface area (Å²) in [5.41, 5.74) is 6.76. The minimum Gasteiger partial charge on any atom is -0.497 e. The van der Waals surface area contributed by atoms with Crippen molar-refractivity contribution in [1.29, 1.82) is 0 Å². The van der Waals surface area contributed by atoms with E-state index in [1.807, 2.05) is 24.3 Å². The van der Waals surface area contributed by atoms with Crippen molar-refractivity contribution < 1.29 is 4.74 Å². The van der Waals surface area contributed by atoms with Crippen molar-refractivity contribution >= 4 is 0 Å².